The SMILES string of the molecule is C[C@@H]1[C@H](C)CCC[C@H]1NC(=O)COC(=O)Cc1coc2cc(O)ccc12. The van der Waals surface area contributed by atoms with E-state index in [9.17, 15) is 14.7 Å². The minimum atomic E-state index is -0.485. The number of hydrogen-bond donors (Lipinski definition) is 2. The molecule has 1 aromatic heterocycles. The number of carbonyl (C=O) groups is 2. The Morgan fingerprint density at radius 2 is 2.12 bits per heavy atom. The van der Waals surface area contributed by atoms with Crippen LogP contribution in [-0.2, 0) is 20.7 Å². The second-order valence-electron chi connectivity index (χ2n) is 7.22. The number of furan rings is 1. The quantitative estimate of drug-likeness (QED) is 0.801. The van der Waals surface area contributed by atoms with Gasteiger partial charge >= 0.3 is 5.97 Å². The molecule has 0 spiro atoms. The van der Waals surface area contributed by atoms with Gasteiger partial charge in [0.05, 0.1) is 12.7 Å². The summed E-state index contributed by atoms with van der Waals surface area (Å²) in [5.41, 5.74) is 1.17. The van der Waals surface area contributed by atoms with Gasteiger partial charge in [0, 0.05) is 23.1 Å². The summed E-state index contributed by atoms with van der Waals surface area (Å²) in [6, 6.07) is 4.86. The lowest BCUT2D eigenvalue weighted by molar-refractivity contribution is -0.148. The Morgan fingerprint density at radius 3 is 2.92 bits per heavy atom. The molecule has 1 aromatic carbocycles. The van der Waals surface area contributed by atoms with E-state index in [2.05, 4.69) is 19.2 Å². The van der Waals surface area contributed by atoms with Gasteiger partial charge in [-0.2, -0.15) is 0 Å². The third kappa shape index (κ3) is 4.18. The fourth-order valence-corrected chi connectivity index (χ4v) is 3.60. The summed E-state index contributed by atoms with van der Waals surface area (Å²) in [7, 11) is 0. The highest BCUT2D eigenvalue weighted by Crippen LogP contribution is 2.29. The lowest BCUT2D eigenvalue weighted by Crippen LogP contribution is -2.45. The molecule has 0 radical (unpaired) electrons. The first-order chi connectivity index (χ1) is 12.4. The van der Waals surface area contributed by atoms with E-state index in [0.29, 0.717) is 23.0 Å². The molecule has 1 heterocycles. The molecule has 0 aliphatic heterocycles. The molecule has 1 aliphatic carbocycles. The lowest BCUT2D eigenvalue weighted by atomic mass is 9.78. The van der Waals surface area contributed by atoms with E-state index in [4.69, 9.17) is 9.15 Å². The van der Waals surface area contributed by atoms with Crippen LogP contribution in [0.4, 0.5) is 0 Å². The van der Waals surface area contributed by atoms with E-state index >= 15 is 0 Å². The maximum atomic E-state index is 12.1. The highest BCUT2D eigenvalue weighted by molar-refractivity contribution is 5.87. The van der Waals surface area contributed by atoms with Gasteiger partial charge in [0.1, 0.15) is 11.3 Å². The number of amides is 1. The van der Waals surface area contributed by atoms with Crippen molar-refractivity contribution in [3.8, 4) is 5.75 Å². The van der Waals surface area contributed by atoms with Crippen molar-refractivity contribution >= 4 is 22.8 Å². The highest BCUT2D eigenvalue weighted by atomic mass is 16.5. The predicted octanol–water partition coefficient (Wildman–Crippen LogP) is 3.17. The molecule has 1 aliphatic rings. The van der Waals surface area contributed by atoms with Crippen molar-refractivity contribution in [2.75, 3.05) is 6.61 Å². The molecule has 0 unspecified atom stereocenters. The molecule has 6 heteroatoms. The zero-order valence-electron chi connectivity index (χ0n) is 15.2. The third-order valence-corrected chi connectivity index (χ3v) is 5.39. The maximum Gasteiger partial charge on any atom is 0.310 e. The molecule has 0 saturated heterocycles. The Kier molecular flexibility index (Phi) is 5.49. The fraction of sp³-hybridized carbons (Fsp3) is 0.500. The predicted molar refractivity (Wildman–Crippen MR) is 96.7 cm³/mol. The van der Waals surface area contributed by atoms with E-state index in [0.717, 1.165) is 18.2 Å². The summed E-state index contributed by atoms with van der Waals surface area (Å²) >= 11 is 0. The van der Waals surface area contributed by atoms with Crippen LogP contribution in [0.3, 0.4) is 0 Å². The second-order valence-corrected chi connectivity index (χ2v) is 7.22. The number of nitrogens with one attached hydrogen (secondary N) is 1. The van der Waals surface area contributed by atoms with E-state index in [-0.39, 0.29) is 30.7 Å². The molecule has 6 nitrogen and oxygen atoms in total. The minimum Gasteiger partial charge on any atom is -0.508 e. The molecule has 3 rings (SSSR count). The first kappa shape index (κ1) is 18.3. The molecule has 140 valence electrons. The van der Waals surface area contributed by atoms with Crippen LogP contribution < -0.4 is 5.32 Å². The zero-order chi connectivity index (χ0) is 18.7. The Balaban J connectivity index is 1.49. The largest absolute Gasteiger partial charge is 0.508 e. The number of phenolic OH excluding ortho intramolecular Hbond substituents is 1. The smallest absolute Gasteiger partial charge is 0.310 e. The average Bonchev–Trinajstić information content (AvgIpc) is 2.99. The molecule has 1 fully saturated rings. The van der Waals surface area contributed by atoms with Crippen molar-refractivity contribution in [1.82, 2.24) is 5.32 Å². The Bertz CT molecular complexity index is 797. The molecule has 2 aromatic rings. The number of benzene rings is 1. The van der Waals surface area contributed by atoms with Crippen LogP contribution in [0.25, 0.3) is 11.0 Å². The monoisotopic (exact) mass is 359 g/mol. The van der Waals surface area contributed by atoms with E-state index in [1.54, 1.807) is 6.07 Å². The third-order valence-electron chi connectivity index (χ3n) is 5.39. The van der Waals surface area contributed by atoms with Gasteiger partial charge in [-0.05, 0) is 30.4 Å². The molecule has 2 N–H and O–H groups in total. The summed E-state index contributed by atoms with van der Waals surface area (Å²) in [6.45, 7) is 4.09. The van der Waals surface area contributed by atoms with Crippen molar-refractivity contribution in [3.63, 3.8) is 0 Å². The highest BCUT2D eigenvalue weighted by Gasteiger charge is 2.28. The van der Waals surface area contributed by atoms with Gasteiger partial charge < -0.3 is 19.6 Å². The minimum absolute atomic E-state index is 0.0158. The van der Waals surface area contributed by atoms with Gasteiger partial charge in [-0.3, -0.25) is 9.59 Å². The summed E-state index contributed by atoms with van der Waals surface area (Å²) in [5.74, 6) is 0.374. The average molecular weight is 359 g/mol. The van der Waals surface area contributed by atoms with Crippen LogP contribution in [0.1, 0.15) is 38.7 Å². The van der Waals surface area contributed by atoms with E-state index in [1.807, 2.05) is 0 Å². The van der Waals surface area contributed by atoms with Crippen LogP contribution >= 0.6 is 0 Å². The second kappa shape index (κ2) is 7.81. The number of fused-ring (bicyclic) bond motifs is 1. The summed E-state index contributed by atoms with van der Waals surface area (Å²) in [4.78, 5) is 24.1. The maximum absolute atomic E-state index is 12.1. The van der Waals surface area contributed by atoms with Gasteiger partial charge in [0.2, 0.25) is 0 Å². The number of aromatic hydroxyl groups is 1. The van der Waals surface area contributed by atoms with Gasteiger partial charge in [0.25, 0.3) is 5.91 Å². The van der Waals surface area contributed by atoms with Crippen molar-refractivity contribution in [1.29, 1.82) is 0 Å². The Hall–Kier alpha value is -2.50. The normalized spacial score (nSPS) is 22.9. The van der Waals surface area contributed by atoms with Crippen LogP contribution in [-0.4, -0.2) is 29.6 Å². The number of rotatable bonds is 5. The van der Waals surface area contributed by atoms with Crippen molar-refractivity contribution < 1.29 is 23.8 Å². The topological polar surface area (TPSA) is 88.8 Å². The van der Waals surface area contributed by atoms with Crippen molar-refractivity contribution in [2.45, 2.75) is 45.6 Å². The molecular formula is C20H25NO5. The molecule has 0 bridgehead atoms. The lowest BCUT2D eigenvalue weighted by Gasteiger charge is -2.34. The van der Waals surface area contributed by atoms with Crippen molar-refractivity contribution in [3.05, 3.63) is 30.0 Å². The Labute approximate surface area is 152 Å². The van der Waals surface area contributed by atoms with Crippen LogP contribution in [0.15, 0.2) is 28.9 Å². The zero-order valence-corrected chi connectivity index (χ0v) is 15.2. The van der Waals surface area contributed by atoms with Gasteiger partial charge in [-0.1, -0.05) is 26.7 Å². The number of ether oxygens (including phenoxy) is 1. The molecular weight excluding hydrogens is 334 g/mol. The number of phenols is 1. The van der Waals surface area contributed by atoms with E-state index < -0.39 is 5.97 Å². The molecule has 1 amide bonds. The molecule has 1 saturated carbocycles. The van der Waals surface area contributed by atoms with Crippen LogP contribution in [0, 0.1) is 11.8 Å². The van der Waals surface area contributed by atoms with Gasteiger partial charge in [-0.15, -0.1) is 0 Å². The summed E-state index contributed by atoms with van der Waals surface area (Å²) in [5, 5.41) is 13.2. The van der Waals surface area contributed by atoms with Crippen LogP contribution in [0.2, 0.25) is 0 Å². The summed E-state index contributed by atoms with van der Waals surface area (Å²) < 4.78 is 10.4. The fourth-order valence-electron chi connectivity index (χ4n) is 3.60. The first-order valence-electron chi connectivity index (χ1n) is 9.08. The van der Waals surface area contributed by atoms with Crippen LogP contribution in [0.5, 0.6) is 5.75 Å². The van der Waals surface area contributed by atoms with Crippen molar-refractivity contribution in [2.24, 2.45) is 11.8 Å². The number of hydrogen-bond acceptors (Lipinski definition) is 5. The number of esters is 1. The molecule has 3 atom stereocenters. The standard InChI is InChI=1S/C20H25NO5/c1-12-4-3-5-17(13(12)2)21-19(23)11-26-20(24)8-14-10-25-18-9-15(22)6-7-16(14)18/h6-7,9-10,12-13,17,22H,3-5,8,11H2,1-2H3,(H,21,23)/t12-,13-,17-/m1/s1. The van der Waals surface area contributed by atoms with Gasteiger partial charge in [-0.25, -0.2) is 0 Å². The molecule has 26 heavy (non-hydrogen) atoms. The van der Waals surface area contributed by atoms with E-state index in [1.165, 1.54) is 24.8 Å². The van der Waals surface area contributed by atoms with Gasteiger partial charge in [0.15, 0.2) is 6.61 Å². The summed E-state index contributed by atoms with van der Waals surface area (Å²) in [6.07, 6.45) is 4.76. The Morgan fingerprint density at radius 1 is 1.31 bits per heavy atom. The first-order valence-corrected chi connectivity index (χ1v) is 9.08. The number of carbonyl (C=O) groups excluding carboxylic acids is 2.